The average Bonchev–Trinajstić information content (AvgIpc) is 3.31. The second-order valence-corrected chi connectivity index (χ2v) is 8.04. The Hall–Kier alpha value is -2.81. The first-order valence-corrected chi connectivity index (χ1v) is 9.99. The molecule has 2 aliphatic rings. The molecule has 1 aromatic heterocycles. The van der Waals surface area contributed by atoms with Crippen LogP contribution in [-0.2, 0) is 23.9 Å². The van der Waals surface area contributed by atoms with E-state index in [1.54, 1.807) is 4.90 Å². The molecule has 5 rings (SSSR count). The van der Waals surface area contributed by atoms with E-state index in [9.17, 15) is 18.0 Å². The fourth-order valence-electron chi connectivity index (χ4n) is 3.84. The quantitative estimate of drug-likeness (QED) is 0.597. The third-order valence-corrected chi connectivity index (χ3v) is 6.36. The average molecular weight is 419 g/mol. The molecule has 1 saturated heterocycles. The van der Waals surface area contributed by atoms with Crippen molar-refractivity contribution in [2.45, 2.75) is 19.1 Å². The highest BCUT2D eigenvalue weighted by atomic mass is 32.1. The van der Waals surface area contributed by atoms with Gasteiger partial charge in [-0.2, -0.15) is 13.2 Å². The van der Waals surface area contributed by atoms with Crippen molar-refractivity contribution in [1.29, 1.82) is 0 Å². The van der Waals surface area contributed by atoms with E-state index in [4.69, 9.17) is 4.74 Å². The Labute approximate surface area is 168 Å². The van der Waals surface area contributed by atoms with Gasteiger partial charge < -0.3 is 9.64 Å². The third kappa shape index (κ3) is 3.19. The summed E-state index contributed by atoms with van der Waals surface area (Å²) in [7, 11) is 0. The molecule has 0 atom stereocenters. The zero-order chi connectivity index (χ0) is 20.2. The number of benzene rings is 2. The molecule has 0 bridgehead atoms. The summed E-state index contributed by atoms with van der Waals surface area (Å²) in [5.41, 5.74) is 2.75. The summed E-state index contributed by atoms with van der Waals surface area (Å²) >= 11 is 1.39. The maximum atomic E-state index is 13.0. The Bertz CT molecular complexity index is 1110. The van der Waals surface area contributed by atoms with Crippen LogP contribution in [0.2, 0.25) is 0 Å². The van der Waals surface area contributed by atoms with Crippen molar-refractivity contribution in [2.24, 2.45) is 0 Å². The first-order valence-electron chi connectivity index (χ1n) is 9.18. The standard InChI is InChI=1S/C20H16F3N3O2S/c21-20(22,23)13-4-5-17-15(10-13)24-18(29-17)25-7-6-14-12(11-25)2-1-3-16(14)26-8-9-28-19(26)27/h1-5,10H,6-9,11H2. The molecule has 9 heteroatoms. The fourth-order valence-corrected chi connectivity index (χ4v) is 4.82. The number of cyclic esters (lactones) is 1. The highest BCUT2D eigenvalue weighted by Crippen LogP contribution is 2.37. The third-order valence-electron chi connectivity index (χ3n) is 5.27. The van der Waals surface area contributed by atoms with Gasteiger partial charge in [-0.25, -0.2) is 9.78 Å². The number of carbonyl (C=O) groups is 1. The summed E-state index contributed by atoms with van der Waals surface area (Å²) in [5.74, 6) is 0. The topological polar surface area (TPSA) is 45.7 Å². The number of hydrogen-bond acceptors (Lipinski definition) is 5. The Balaban J connectivity index is 1.44. The molecule has 0 N–H and O–H groups in total. The molecule has 1 fully saturated rings. The van der Waals surface area contributed by atoms with Gasteiger partial charge in [-0.15, -0.1) is 0 Å². The molecular formula is C20H16F3N3O2S. The zero-order valence-electron chi connectivity index (χ0n) is 15.2. The number of halogens is 3. The molecule has 3 heterocycles. The van der Waals surface area contributed by atoms with Crippen LogP contribution in [0, 0.1) is 0 Å². The second kappa shape index (κ2) is 6.62. The number of alkyl halides is 3. The lowest BCUT2D eigenvalue weighted by atomic mass is 9.97. The largest absolute Gasteiger partial charge is 0.447 e. The van der Waals surface area contributed by atoms with E-state index in [0.717, 1.165) is 40.1 Å². The minimum Gasteiger partial charge on any atom is -0.447 e. The van der Waals surface area contributed by atoms with Crippen LogP contribution in [0.1, 0.15) is 16.7 Å². The lowest BCUT2D eigenvalue weighted by molar-refractivity contribution is -0.137. The van der Waals surface area contributed by atoms with Crippen LogP contribution in [0.5, 0.6) is 0 Å². The second-order valence-electron chi connectivity index (χ2n) is 7.03. The number of carbonyl (C=O) groups excluding carboxylic acids is 1. The van der Waals surface area contributed by atoms with Crippen LogP contribution in [0.4, 0.5) is 28.8 Å². The zero-order valence-corrected chi connectivity index (χ0v) is 16.0. The van der Waals surface area contributed by atoms with Gasteiger partial charge in [0.1, 0.15) is 6.61 Å². The van der Waals surface area contributed by atoms with Crippen LogP contribution >= 0.6 is 11.3 Å². The number of amides is 1. The minimum absolute atomic E-state index is 0.326. The van der Waals surface area contributed by atoms with Gasteiger partial charge in [0.25, 0.3) is 0 Å². The lowest BCUT2D eigenvalue weighted by Gasteiger charge is -2.31. The lowest BCUT2D eigenvalue weighted by Crippen LogP contribution is -2.32. The van der Waals surface area contributed by atoms with E-state index in [1.165, 1.54) is 17.4 Å². The monoisotopic (exact) mass is 419 g/mol. The summed E-state index contributed by atoms with van der Waals surface area (Å²) in [5, 5.41) is 0.705. The highest BCUT2D eigenvalue weighted by Gasteiger charge is 2.32. The summed E-state index contributed by atoms with van der Waals surface area (Å²) < 4.78 is 44.7. The number of aromatic nitrogens is 1. The number of hydrogen-bond donors (Lipinski definition) is 0. The number of rotatable bonds is 2. The molecule has 150 valence electrons. The first kappa shape index (κ1) is 18.2. The van der Waals surface area contributed by atoms with Gasteiger partial charge in [-0.1, -0.05) is 23.5 Å². The van der Waals surface area contributed by atoms with Crippen molar-refractivity contribution in [3.8, 4) is 0 Å². The molecule has 0 spiro atoms. The van der Waals surface area contributed by atoms with Crippen LogP contribution < -0.4 is 9.80 Å². The Morgan fingerprint density at radius 1 is 1.14 bits per heavy atom. The van der Waals surface area contributed by atoms with E-state index in [1.807, 2.05) is 18.2 Å². The number of ether oxygens (including phenoxy) is 1. The number of anilines is 2. The van der Waals surface area contributed by atoms with E-state index in [-0.39, 0.29) is 6.09 Å². The summed E-state index contributed by atoms with van der Waals surface area (Å²) in [6.07, 6.45) is -3.98. The van der Waals surface area contributed by atoms with Crippen molar-refractivity contribution in [1.82, 2.24) is 4.98 Å². The van der Waals surface area contributed by atoms with Crippen LogP contribution in [0.15, 0.2) is 36.4 Å². The van der Waals surface area contributed by atoms with E-state index in [0.29, 0.717) is 36.9 Å². The van der Waals surface area contributed by atoms with Gasteiger partial charge >= 0.3 is 12.3 Å². The van der Waals surface area contributed by atoms with Crippen LogP contribution in [0.3, 0.4) is 0 Å². The van der Waals surface area contributed by atoms with Gasteiger partial charge in [0, 0.05) is 13.1 Å². The summed E-state index contributed by atoms with van der Waals surface area (Å²) in [4.78, 5) is 20.1. The van der Waals surface area contributed by atoms with Gasteiger partial charge in [0.15, 0.2) is 5.13 Å². The van der Waals surface area contributed by atoms with Crippen LogP contribution in [-0.4, -0.2) is 30.8 Å². The predicted molar refractivity (Wildman–Crippen MR) is 105 cm³/mol. The van der Waals surface area contributed by atoms with Gasteiger partial charge in [-0.05, 0) is 41.8 Å². The molecular weight excluding hydrogens is 403 g/mol. The number of thiazole rings is 1. The predicted octanol–water partition coefficient (Wildman–Crippen LogP) is 4.83. The van der Waals surface area contributed by atoms with Gasteiger partial charge in [-0.3, -0.25) is 4.90 Å². The highest BCUT2D eigenvalue weighted by molar-refractivity contribution is 7.22. The first-order chi connectivity index (χ1) is 13.9. The molecule has 3 aromatic rings. The van der Waals surface area contributed by atoms with Crippen LogP contribution in [0.25, 0.3) is 10.2 Å². The van der Waals surface area contributed by atoms with Crippen molar-refractivity contribution in [3.05, 3.63) is 53.1 Å². The number of fused-ring (bicyclic) bond motifs is 2. The maximum Gasteiger partial charge on any atom is 0.416 e. The van der Waals surface area contributed by atoms with E-state index in [2.05, 4.69) is 9.88 Å². The normalized spacial score (nSPS) is 17.0. The van der Waals surface area contributed by atoms with Crippen molar-refractivity contribution < 1.29 is 22.7 Å². The molecule has 0 unspecified atom stereocenters. The molecule has 1 amide bonds. The maximum absolute atomic E-state index is 13.0. The Morgan fingerprint density at radius 2 is 2.00 bits per heavy atom. The molecule has 0 radical (unpaired) electrons. The Morgan fingerprint density at radius 3 is 2.76 bits per heavy atom. The van der Waals surface area contributed by atoms with Crippen molar-refractivity contribution in [3.63, 3.8) is 0 Å². The molecule has 5 nitrogen and oxygen atoms in total. The fraction of sp³-hybridized carbons (Fsp3) is 0.300. The minimum atomic E-state index is -4.38. The molecule has 29 heavy (non-hydrogen) atoms. The molecule has 0 saturated carbocycles. The number of nitrogens with zero attached hydrogens (tertiary/aromatic N) is 3. The van der Waals surface area contributed by atoms with E-state index < -0.39 is 11.7 Å². The SMILES string of the molecule is O=C1OCCN1c1cccc2c1CCN(c1nc3cc(C(F)(F)F)ccc3s1)C2. The summed E-state index contributed by atoms with van der Waals surface area (Å²) in [6.45, 7) is 2.20. The summed E-state index contributed by atoms with van der Waals surface area (Å²) in [6, 6.07) is 9.53. The molecule has 2 aromatic carbocycles. The van der Waals surface area contributed by atoms with Gasteiger partial charge in [0.2, 0.25) is 0 Å². The van der Waals surface area contributed by atoms with Crippen molar-refractivity contribution >= 4 is 38.5 Å². The molecule has 2 aliphatic heterocycles. The smallest absolute Gasteiger partial charge is 0.416 e. The van der Waals surface area contributed by atoms with Gasteiger partial charge in [0.05, 0.1) is 28.0 Å². The van der Waals surface area contributed by atoms with Crippen molar-refractivity contribution in [2.75, 3.05) is 29.5 Å². The Kier molecular flexibility index (Phi) is 4.16. The van der Waals surface area contributed by atoms with E-state index >= 15 is 0 Å². The molecule has 0 aliphatic carbocycles.